The number of likely N-dealkylation sites (N-methyl/N-ethyl adjacent to an activating group) is 3. The van der Waals surface area contributed by atoms with Crippen molar-refractivity contribution in [1.82, 2.24) is 15.1 Å². The van der Waals surface area contributed by atoms with Gasteiger partial charge in [-0.2, -0.15) is 0 Å². The highest BCUT2D eigenvalue weighted by atomic mass is 15.2. The Morgan fingerprint density at radius 2 is 1.79 bits per heavy atom. The molecule has 0 aromatic rings. The van der Waals surface area contributed by atoms with Gasteiger partial charge in [-0.15, -0.1) is 0 Å². The van der Waals surface area contributed by atoms with Gasteiger partial charge in [-0.3, -0.25) is 0 Å². The van der Waals surface area contributed by atoms with Gasteiger partial charge in [0.1, 0.15) is 0 Å². The number of nitrogens with two attached hydrogens (primary N) is 1. The molecule has 0 aromatic heterocycles. The topological polar surface area (TPSA) is 44.5 Å². The van der Waals surface area contributed by atoms with Crippen LogP contribution in [0.5, 0.6) is 0 Å². The average molecular weight is 202 g/mol. The molecule has 0 spiro atoms. The molecule has 0 saturated carbocycles. The molecule has 0 saturated heterocycles. The summed E-state index contributed by atoms with van der Waals surface area (Å²) in [5.41, 5.74) is 5.92. The van der Waals surface area contributed by atoms with Gasteiger partial charge >= 0.3 is 0 Å². The standard InChI is InChI=1S/C10H26N4/c1-9(13(3)4)7-14(5)8-10(11)6-12-2/h9-10,12H,6-8,11H2,1-5H3. The van der Waals surface area contributed by atoms with Gasteiger partial charge in [0.25, 0.3) is 0 Å². The van der Waals surface area contributed by atoms with Crippen LogP contribution in [0.3, 0.4) is 0 Å². The van der Waals surface area contributed by atoms with E-state index in [1.807, 2.05) is 7.05 Å². The number of hydrogen-bond acceptors (Lipinski definition) is 4. The maximum absolute atomic E-state index is 5.92. The van der Waals surface area contributed by atoms with Crippen LogP contribution >= 0.6 is 0 Å². The first kappa shape index (κ1) is 13.8. The third kappa shape index (κ3) is 6.32. The Kier molecular flexibility index (Phi) is 7.09. The van der Waals surface area contributed by atoms with E-state index in [2.05, 4.69) is 43.2 Å². The minimum absolute atomic E-state index is 0.222. The minimum atomic E-state index is 0.222. The molecule has 0 heterocycles. The molecule has 86 valence electrons. The average Bonchev–Trinajstić information content (AvgIpc) is 2.03. The second kappa shape index (κ2) is 7.17. The molecule has 2 unspecified atom stereocenters. The summed E-state index contributed by atoms with van der Waals surface area (Å²) in [7, 11) is 8.26. The lowest BCUT2D eigenvalue weighted by Gasteiger charge is -2.27. The molecule has 4 nitrogen and oxygen atoms in total. The molecular weight excluding hydrogens is 176 g/mol. The third-order valence-electron chi connectivity index (χ3n) is 2.47. The second-order valence-electron chi connectivity index (χ2n) is 4.35. The molecule has 0 aromatic carbocycles. The van der Waals surface area contributed by atoms with E-state index in [9.17, 15) is 0 Å². The number of nitrogens with zero attached hydrogens (tertiary/aromatic N) is 2. The molecule has 2 atom stereocenters. The Hall–Kier alpha value is -0.160. The van der Waals surface area contributed by atoms with Gasteiger partial charge in [-0.1, -0.05) is 0 Å². The maximum Gasteiger partial charge on any atom is 0.0294 e. The van der Waals surface area contributed by atoms with Crippen LogP contribution in [-0.2, 0) is 0 Å². The van der Waals surface area contributed by atoms with Gasteiger partial charge in [0.15, 0.2) is 0 Å². The van der Waals surface area contributed by atoms with Gasteiger partial charge in [0, 0.05) is 31.7 Å². The summed E-state index contributed by atoms with van der Waals surface area (Å²) in [6.07, 6.45) is 0. The quantitative estimate of drug-likeness (QED) is 0.579. The monoisotopic (exact) mass is 202 g/mol. The SMILES string of the molecule is CNCC(N)CN(C)CC(C)N(C)C. The van der Waals surface area contributed by atoms with Crippen LogP contribution in [0.4, 0.5) is 0 Å². The van der Waals surface area contributed by atoms with Crippen molar-refractivity contribution in [2.24, 2.45) is 5.73 Å². The highest BCUT2D eigenvalue weighted by Gasteiger charge is 2.10. The van der Waals surface area contributed by atoms with E-state index in [1.54, 1.807) is 0 Å². The highest BCUT2D eigenvalue weighted by molar-refractivity contribution is 4.71. The molecule has 0 amide bonds. The molecule has 4 heteroatoms. The summed E-state index contributed by atoms with van der Waals surface area (Å²) in [6.45, 7) is 5.10. The Morgan fingerprint density at radius 1 is 1.21 bits per heavy atom. The summed E-state index contributed by atoms with van der Waals surface area (Å²) < 4.78 is 0. The van der Waals surface area contributed by atoms with Crippen LogP contribution in [0.1, 0.15) is 6.92 Å². The fourth-order valence-electron chi connectivity index (χ4n) is 1.42. The Bertz CT molecular complexity index is 138. The zero-order valence-electron chi connectivity index (χ0n) is 10.2. The van der Waals surface area contributed by atoms with Crippen molar-refractivity contribution >= 4 is 0 Å². The van der Waals surface area contributed by atoms with Crippen LogP contribution in [0.25, 0.3) is 0 Å². The molecule has 0 rings (SSSR count). The molecule has 0 fully saturated rings. The summed E-state index contributed by atoms with van der Waals surface area (Å²) in [6, 6.07) is 0.793. The van der Waals surface area contributed by atoms with Crippen LogP contribution < -0.4 is 11.1 Å². The van der Waals surface area contributed by atoms with Gasteiger partial charge in [-0.25, -0.2) is 0 Å². The van der Waals surface area contributed by atoms with Crippen molar-refractivity contribution in [3.05, 3.63) is 0 Å². The van der Waals surface area contributed by atoms with Crippen molar-refractivity contribution in [3.8, 4) is 0 Å². The van der Waals surface area contributed by atoms with Crippen LogP contribution in [-0.4, -0.2) is 69.7 Å². The highest BCUT2D eigenvalue weighted by Crippen LogP contribution is 1.95. The lowest BCUT2D eigenvalue weighted by Crippen LogP contribution is -2.45. The smallest absolute Gasteiger partial charge is 0.0294 e. The number of nitrogens with one attached hydrogen (secondary N) is 1. The summed E-state index contributed by atoms with van der Waals surface area (Å²) in [5, 5.41) is 3.09. The largest absolute Gasteiger partial charge is 0.325 e. The lowest BCUT2D eigenvalue weighted by atomic mass is 10.2. The van der Waals surface area contributed by atoms with E-state index in [-0.39, 0.29) is 6.04 Å². The number of hydrogen-bond donors (Lipinski definition) is 2. The maximum atomic E-state index is 5.92. The van der Waals surface area contributed by atoms with Crippen molar-refractivity contribution in [1.29, 1.82) is 0 Å². The first-order chi connectivity index (χ1) is 6.47. The Morgan fingerprint density at radius 3 is 2.21 bits per heavy atom. The zero-order valence-corrected chi connectivity index (χ0v) is 10.2. The molecule has 0 bridgehead atoms. The summed E-state index contributed by atoms with van der Waals surface area (Å²) >= 11 is 0. The van der Waals surface area contributed by atoms with E-state index < -0.39 is 0 Å². The molecular formula is C10H26N4. The van der Waals surface area contributed by atoms with Crippen LogP contribution in [0.15, 0.2) is 0 Å². The summed E-state index contributed by atoms with van der Waals surface area (Å²) in [4.78, 5) is 4.51. The van der Waals surface area contributed by atoms with E-state index in [4.69, 9.17) is 5.73 Å². The molecule has 0 radical (unpaired) electrons. The normalized spacial score (nSPS) is 16.3. The molecule has 0 aliphatic heterocycles. The second-order valence-corrected chi connectivity index (χ2v) is 4.35. The van der Waals surface area contributed by atoms with Crippen molar-refractivity contribution in [2.45, 2.75) is 19.0 Å². The van der Waals surface area contributed by atoms with E-state index in [0.29, 0.717) is 6.04 Å². The van der Waals surface area contributed by atoms with E-state index >= 15 is 0 Å². The molecule has 0 aliphatic rings. The third-order valence-corrected chi connectivity index (χ3v) is 2.47. The van der Waals surface area contributed by atoms with Crippen molar-refractivity contribution < 1.29 is 0 Å². The van der Waals surface area contributed by atoms with Gasteiger partial charge in [-0.05, 0) is 35.1 Å². The Balaban J connectivity index is 3.68. The summed E-state index contributed by atoms with van der Waals surface area (Å²) in [5.74, 6) is 0. The van der Waals surface area contributed by atoms with E-state index in [0.717, 1.165) is 19.6 Å². The predicted octanol–water partition coefficient (Wildman–Crippen LogP) is -0.585. The van der Waals surface area contributed by atoms with Gasteiger partial charge in [0.2, 0.25) is 0 Å². The Labute approximate surface area is 88.4 Å². The predicted molar refractivity (Wildman–Crippen MR) is 62.5 cm³/mol. The van der Waals surface area contributed by atoms with Crippen LogP contribution in [0, 0.1) is 0 Å². The fourth-order valence-corrected chi connectivity index (χ4v) is 1.42. The van der Waals surface area contributed by atoms with Crippen LogP contribution in [0.2, 0.25) is 0 Å². The number of rotatable bonds is 7. The van der Waals surface area contributed by atoms with Gasteiger partial charge < -0.3 is 20.9 Å². The molecule has 0 aliphatic carbocycles. The van der Waals surface area contributed by atoms with Crippen molar-refractivity contribution in [2.75, 3.05) is 47.8 Å². The zero-order chi connectivity index (χ0) is 11.1. The first-order valence-corrected chi connectivity index (χ1v) is 5.22. The van der Waals surface area contributed by atoms with Crippen molar-refractivity contribution in [3.63, 3.8) is 0 Å². The molecule has 3 N–H and O–H groups in total. The van der Waals surface area contributed by atoms with E-state index in [1.165, 1.54) is 0 Å². The van der Waals surface area contributed by atoms with Gasteiger partial charge in [0.05, 0.1) is 0 Å². The lowest BCUT2D eigenvalue weighted by molar-refractivity contribution is 0.212. The first-order valence-electron chi connectivity index (χ1n) is 5.22. The fraction of sp³-hybridized carbons (Fsp3) is 1.00. The molecule has 14 heavy (non-hydrogen) atoms. The minimum Gasteiger partial charge on any atom is -0.325 e.